The monoisotopic (exact) mass is 283 g/mol. The van der Waals surface area contributed by atoms with E-state index in [4.69, 9.17) is 0 Å². The Morgan fingerprint density at radius 2 is 1.90 bits per heavy atom. The highest BCUT2D eigenvalue weighted by atomic mass is 16.3. The van der Waals surface area contributed by atoms with Crippen LogP contribution in [0.5, 0.6) is 5.75 Å². The van der Waals surface area contributed by atoms with Gasteiger partial charge < -0.3 is 10.4 Å². The predicted molar refractivity (Wildman–Crippen MR) is 84.7 cm³/mol. The number of phenolic OH excluding ortho intramolecular Hbond substituents is 1. The lowest BCUT2D eigenvalue weighted by molar-refractivity contribution is 0.0987. The van der Waals surface area contributed by atoms with Gasteiger partial charge in [0, 0.05) is 11.6 Å². The second kappa shape index (κ2) is 7.60. The number of hydrogen-bond donors (Lipinski definition) is 2. The minimum atomic E-state index is -0.00235. The number of aromatic hydroxyl groups is 1. The van der Waals surface area contributed by atoms with Crippen LogP contribution in [0, 0.1) is 0 Å². The second-order valence-electron chi connectivity index (χ2n) is 5.28. The SMILES string of the molecule is C[C@@H](CCc1ccccc1)NCC(=O)c1cccc(O)c1. The molecule has 0 fully saturated rings. The molecule has 0 saturated carbocycles. The fourth-order valence-electron chi connectivity index (χ4n) is 2.18. The largest absolute Gasteiger partial charge is 0.508 e. The molecule has 0 bridgehead atoms. The van der Waals surface area contributed by atoms with Gasteiger partial charge in [0.1, 0.15) is 5.75 Å². The summed E-state index contributed by atoms with van der Waals surface area (Å²) >= 11 is 0. The minimum Gasteiger partial charge on any atom is -0.508 e. The number of hydrogen-bond acceptors (Lipinski definition) is 3. The molecule has 0 heterocycles. The summed E-state index contributed by atoms with van der Waals surface area (Å²) in [7, 11) is 0. The van der Waals surface area contributed by atoms with Crippen molar-refractivity contribution in [1.29, 1.82) is 0 Å². The first-order valence-electron chi connectivity index (χ1n) is 7.24. The molecular formula is C18H21NO2. The smallest absolute Gasteiger partial charge is 0.176 e. The summed E-state index contributed by atoms with van der Waals surface area (Å²) < 4.78 is 0. The first kappa shape index (κ1) is 15.3. The maximum atomic E-state index is 12.0. The molecule has 0 spiro atoms. The molecule has 3 nitrogen and oxygen atoms in total. The van der Waals surface area contributed by atoms with Crippen molar-refractivity contribution in [2.24, 2.45) is 0 Å². The van der Waals surface area contributed by atoms with Crippen LogP contribution in [0.1, 0.15) is 29.3 Å². The Morgan fingerprint density at radius 3 is 2.62 bits per heavy atom. The molecule has 0 aliphatic heterocycles. The number of carbonyl (C=O) groups is 1. The number of phenols is 1. The van der Waals surface area contributed by atoms with Crippen LogP contribution in [0.2, 0.25) is 0 Å². The summed E-state index contributed by atoms with van der Waals surface area (Å²) in [6.07, 6.45) is 1.98. The molecule has 3 heteroatoms. The molecule has 0 amide bonds. The quantitative estimate of drug-likeness (QED) is 0.767. The topological polar surface area (TPSA) is 49.3 Å². The van der Waals surface area contributed by atoms with Crippen molar-refractivity contribution in [1.82, 2.24) is 5.32 Å². The van der Waals surface area contributed by atoms with E-state index in [1.54, 1.807) is 18.2 Å². The van der Waals surface area contributed by atoms with Crippen LogP contribution < -0.4 is 5.32 Å². The van der Waals surface area contributed by atoms with Crippen molar-refractivity contribution in [3.05, 3.63) is 65.7 Å². The maximum Gasteiger partial charge on any atom is 0.176 e. The highest BCUT2D eigenvalue weighted by Gasteiger charge is 2.08. The van der Waals surface area contributed by atoms with E-state index in [-0.39, 0.29) is 17.6 Å². The molecule has 2 aromatic rings. The lowest BCUT2D eigenvalue weighted by Gasteiger charge is -2.13. The number of nitrogens with one attached hydrogen (secondary N) is 1. The summed E-state index contributed by atoms with van der Waals surface area (Å²) in [5.74, 6) is 0.121. The third-order valence-corrected chi connectivity index (χ3v) is 3.49. The van der Waals surface area contributed by atoms with E-state index >= 15 is 0 Å². The van der Waals surface area contributed by atoms with Gasteiger partial charge in [0.05, 0.1) is 6.54 Å². The second-order valence-corrected chi connectivity index (χ2v) is 5.28. The predicted octanol–water partition coefficient (Wildman–Crippen LogP) is 3.19. The van der Waals surface area contributed by atoms with Crippen molar-refractivity contribution in [3.63, 3.8) is 0 Å². The Balaban J connectivity index is 1.76. The van der Waals surface area contributed by atoms with E-state index in [2.05, 4.69) is 24.4 Å². The number of benzene rings is 2. The van der Waals surface area contributed by atoms with Gasteiger partial charge in [-0.15, -0.1) is 0 Å². The fraction of sp³-hybridized carbons (Fsp3) is 0.278. The van der Waals surface area contributed by atoms with Gasteiger partial charge >= 0.3 is 0 Å². The molecule has 21 heavy (non-hydrogen) atoms. The lowest BCUT2D eigenvalue weighted by atomic mass is 10.1. The molecule has 2 rings (SSSR count). The van der Waals surface area contributed by atoms with Crippen LogP contribution in [-0.4, -0.2) is 23.5 Å². The number of carbonyl (C=O) groups excluding carboxylic acids is 1. The van der Waals surface area contributed by atoms with E-state index in [0.29, 0.717) is 12.1 Å². The Kier molecular flexibility index (Phi) is 5.52. The number of rotatable bonds is 7. The van der Waals surface area contributed by atoms with Crippen LogP contribution in [0.25, 0.3) is 0 Å². The Labute approximate surface area is 125 Å². The molecule has 2 aromatic carbocycles. The van der Waals surface area contributed by atoms with Gasteiger partial charge in [-0.1, -0.05) is 42.5 Å². The van der Waals surface area contributed by atoms with Gasteiger partial charge in [0.2, 0.25) is 0 Å². The zero-order chi connectivity index (χ0) is 15.1. The zero-order valence-electron chi connectivity index (χ0n) is 12.3. The summed E-state index contributed by atoms with van der Waals surface area (Å²) in [5, 5.41) is 12.6. The summed E-state index contributed by atoms with van der Waals surface area (Å²) in [6, 6.07) is 17.1. The lowest BCUT2D eigenvalue weighted by Crippen LogP contribution is -2.31. The third-order valence-electron chi connectivity index (χ3n) is 3.49. The van der Waals surface area contributed by atoms with Crippen LogP contribution in [-0.2, 0) is 6.42 Å². The molecule has 110 valence electrons. The normalized spacial score (nSPS) is 12.0. The van der Waals surface area contributed by atoms with Crippen LogP contribution >= 0.6 is 0 Å². The first-order valence-corrected chi connectivity index (χ1v) is 7.24. The molecule has 0 saturated heterocycles. The molecule has 1 atom stereocenters. The molecule has 0 radical (unpaired) electrons. The molecule has 2 N–H and O–H groups in total. The van der Waals surface area contributed by atoms with Crippen LogP contribution in [0.4, 0.5) is 0 Å². The van der Waals surface area contributed by atoms with E-state index in [9.17, 15) is 9.90 Å². The van der Waals surface area contributed by atoms with Gasteiger partial charge in [-0.25, -0.2) is 0 Å². The van der Waals surface area contributed by atoms with Gasteiger partial charge in [0.25, 0.3) is 0 Å². The van der Waals surface area contributed by atoms with Gasteiger partial charge in [0.15, 0.2) is 5.78 Å². The van der Waals surface area contributed by atoms with Crippen LogP contribution in [0.15, 0.2) is 54.6 Å². The minimum absolute atomic E-state index is 0.00235. The first-order chi connectivity index (χ1) is 10.1. The van der Waals surface area contributed by atoms with Crippen molar-refractivity contribution in [2.45, 2.75) is 25.8 Å². The average molecular weight is 283 g/mol. The number of ketones is 1. The maximum absolute atomic E-state index is 12.0. The van der Waals surface area contributed by atoms with Crippen LogP contribution in [0.3, 0.4) is 0 Å². The van der Waals surface area contributed by atoms with Crippen molar-refractivity contribution >= 4 is 5.78 Å². The molecule has 0 unspecified atom stereocenters. The summed E-state index contributed by atoms with van der Waals surface area (Å²) in [6.45, 7) is 2.37. The van der Waals surface area contributed by atoms with E-state index in [0.717, 1.165) is 12.8 Å². The fourth-order valence-corrected chi connectivity index (χ4v) is 2.18. The molecule has 0 aliphatic carbocycles. The van der Waals surface area contributed by atoms with Crippen molar-refractivity contribution in [2.75, 3.05) is 6.54 Å². The van der Waals surface area contributed by atoms with Crippen molar-refractivity contribution < 1.29 is 9.90 Å². The molecule has 0 aromatic heterocycles. The average Bonchev–Trinajstić information content (AvgIpc) is 2.51. The third kappa shape index (κ3) is 5.04. The highest BCUT2D eigenvalue weighted by Crippen LogP contribution is 2.11. The highest BCUT2D eigenvalue weighted by molar-refractivity contribution is 5.97. The van der Waals surface area contributed by atoms with E-state index < -0.39 is 0 Å². The van der Waals surface area contributed by atoms with E-state index in [1.165, 1.54) is 11.6 Å². The van der Waals surface area contributed by atoms with Gasteiger partial charge in [-0.2, -0.15) is 0 Å². The van der Waals surface area contributed by atoms with Gasteiger partial charge in [-0.05, 0) is 37.5 Å². The van der Waals surface area contributed by atoms with Crippen molar-refractivity contribution in [3.8, 4) is 5.75 Å². The zero-order valence-corrected chi connectivity index (χ0v) is 12.3. The standard InChI is InChI=1S/C18H21NO2/c1-14(10-11-15-6-3-2-4-7-15)19-13-18(21)16-8-5-9-17(20)12-16/h2-9,12,14,19-20H,10-11,13H2,1H3/t14-/m0/s1. The summed E-state index contributed by atoms with van der Waals surface area (Å²) in [5.41, 5.74) is 1.85. The molecular weight excluding hydrogens is 262 g/mol. The van der Waals surface area contributed by atoms with Gasteiger partial charge in [-0.3, -0.25) is 4.79 Å². The number of aryl methyl sites for hydroxylation is 1. The Morgan fingerprint density at radius 1 is 1.14 bits per heavy atom. The number of Topliss-reactive ketones (excluding diaryl/α,β-unsaturated/α-hetero) is 1. The molecule has 0 aliphatic rings. The Bertz CT molecular complexity index is 581. The summed E-state index contributed by atoms with van der Waals surface area (Å²) in [4.78, 5) is 12.0. The Hall–Kier alpha value is -2.13. The van der Waals surface area contributed by atoms with E-state index in [1.807, 2.05) is 18.2 Å².